The summed E-state index contributed by atoms with van der Waals surface area (Å²) in [5, 5.41) is 6.91. The number of thiazole rings is 1. The van der Waals surface area contributed by atoms with Gasteiger partial charge in [0.15, 0.2) is 0 Å². The highest BCUT2D eigenvalue weighted by Gasteiger charge is 2.19. The van der Waals surface area contributed by atoms with E-state index in [0.29, 0.717) is 6.04 Å². The summed E-state index contributed by atoms with van der Waals surface area (Å²) < 4.78 is 0. The summed E-state index contributed by atoms with van der Waals surface area (Å²) in [7, 11) is 0. The van der Waals surface area contributed by atoms with Gasteiger partial charge in [0.2, 0.25) is 0 Å². The van der Waals surface area contributed by atoms with Crippen LogP contribution in [0.3, 0.4) is 0 Å². The lowest BCUT2D eigenvalue weighted by Crippen LogP contribution is -2.12. The van der Waals surface area contributed by atoms with Crippen LogP contribution < -0.4 is 5.32 Å². The van der Waals surface area contributed by atoms with Crippen molar-refractivity contribution in [3.63, 3.8) is 0 Å². The predicted octanol–water partition coefficient (Wildman–Crippen LogP) is 4.90. The molecule has 3 heteroatoms. The summed E-state index contributed by atoms with van der Waals surface area (Å²) in [6.07, 6.45) is 2.46. The quantitative estimate of drug-likeness (QED) is 0.744. The summed E-state index contributed by atoms with van der Waals surface area (Å²) in [4.78, 5) is 4.82. The van der Waals surface area contributed by atoms with Crippen LogP contribution in [0.15, 0.2) is 60.0 Å². The van der Waals surface area contributed by atoms with Crippen LogP contribution in [-0.4, -0.2) is 11.5 Å². The van der Waals surface area contributed by atoms with Gasteiger partial charge in [-0.25, -0.2) is 4.98 Å². The van der Waals surface area contributed by atoms with E-state index in [1.54, 1.807) is 11.3 Å². The van der Waals surface area contributed by atoms with E-state index in [1.807, 2.05) is 6.07 Å². The molecule has 1 aliphatic rings. The largest absolute Gasteiger partial charge is 0.308 e. The van der Waals surface area contributed by atoms with E-state index in [9.17, 15) is 0 Å². The molecule has 1 aliphatic heterocycles. The van der Waals surface area contributed by atoms with Gasteiger partial charge in [0.25, 0.3) is 0 Å². The maximum Gasteiger partial charge on any atom is 0.110 e. The summed E-state index contributed by atoms with van der Waals surface area (Å²) in [6.45, 7) is 1.12. The monoisotopic (exact) mass is 306 g/mol. The maximum absolute atomic E-state index is 4.82. The normalized spacial score (nSPS) is 17.7. The molecular weight excluding hydrogens is 288 g/mol. The second-order valence-corrected chi connectivity index (χ2v) is 6.55. The number of benzene rings is 2. The summed E-state index contributed by atoms with van der Waals surface area (Å²) in [6, 6.07) is 19.6. The molecule has 0 amide bonds. The van der Waals surface area contributed by atoms with Gasteiger partial charge in [-0.1, -0.05) is 54.6 Å². The average Bonchev–Trinajstić information content (AvgIpc) is 3.27. The van der Waals surface area contributed by atoms with Crippen molar-refractivity contribution in [2.75, 3.05) is 6.54 Å². The molecule has 0 saturated carbocycles. The zero-order valence-corrected chi connectivity index (χ0v) is 13.1. The van der Waals surface area contributed by atoms with Crippen molar-refractivity contribution < 1.29 is 0 Å². The number of hydrogen-bond acceptors (Lipinski definition) is 3. The minimum Gasteiger partial charge on any atom is -0.308 e. The van der Waals surface area contributed by atoms with Gasteiger partial charge < -0.3 is 5.32 Å². The molecule has 2 heterocycles. The minimum absolute atomic E-state index is 0.461. The van der Waals surface area contributed by atoms with E-state index >= 15 is 0 Å². The van der Waals surface area contributed by atoms with E-state index in [0.717, 1.165) is 12.2 Å². The van der Waals surface area contributed by atoms with Crippen molar-refractivity contribution in [1.82, 2.24) is 10.3 Å². The van der Waals surface area contributed by atoms with Crippen LogP contribution in [0, 0.1) is 0 Å². The maximum atomic E-state index is 4.82. The highest BCUT2D eigenvalue weighted by molar-refractivity contribution is 7.10. The van der Waals surface area contributed by atoms with Crippen LogP contribution in [0.4, 0.5) is 0 Å². The standard InChI is InChI=1S/C19H18N2S/c1-2-5-14(6-3-1)15-8-10-16(11-9-15)18-13-22-19(21-18)17-7-4-12-20-17/h1-3,5-6,8-11,13,17,20H,4,7,12H2. The van der Waals surface area contributed by atoms with Crippen LogP contribution in [0.1, 0.15) is 23.9 Å². The summed E-state index contributed by atoms with van der Waals surface area (Å²) in [5.74, 6) is 0. The van der Waals surface area contributed by atoms with Gasteiger partial charge >= 0.3 is 0 Å². The number of rotatable bonds is 3. The van der Waals surface area contributed by atoms with Crippen molar-refractivity contribution in [2.45, 2.75) is 18.9 Å². The average molecular weight is 306 g/mol. The lowest BCUT2D eigenvalue weighted by atomic mass is 10.0. The molecule has 0 spiro atoms. The van der Waals surface area contributed by atoms with Crippen LogP contribution in [0.2, 0.25) is 0 Å². The number of nitrogens with one attached hydrogen (secondary N) is 1. The summed E-state index contributed by atoms with van der Waals surface area (Å²) >= 11 is 1.77. The van der Waals surface area contributed by atoms with E-state index in [2.05, 4.69) is 59.2 Å². The molecular formula is C19H18N2S. The molecule has 0 aliphatic carbocycles. The first-order chi connectivity index (χ1) is 10.9. The van der Waals surface area contributed by atoms with Gasteiger partial charge in [-0.2, -0.15) is 0 Å². The third-order valence-corrected chi connectivity index (χ3v) is 5.13. The van der Waals surface area contributed by atoms with Crippen LogP contribution >= 0.6 is 11.3 Å². The fourth-order valence-electron chi connectivity index (χ4n) is 2.94. The first kappa shape index (κ1) is 13.7. The molecule has 1 aromatic heterocycles. The Kier molecular flexibility index (Phi) is 3.75. The molecule has 4 rings (SSSR count). The smallest absolute Gasteiger partial charge is 0.110 e. The molecule has 2 aromatic carbocycles. The highest BCUT2D eigenvalue weighted by Crippen LogP contribution is 2.30. The topological polar surface area (TPSA) is 24.9 Å². The fourth-order valence-corrected chi connectivity index (χ4v) is 3.88. The fraction of sp³-hybridized carbons (Fsp3) is 0.211. The van der Waals surface area contributed by atoms with Gasteiger partial charge in [-0.15, -0.1) is 11.3 Å². The first-order valence-corrected chi connectivity index (χ1v) is 8.63. The predicted molar refractivity (Wildman–Crippen MR) is 93.0 cm³/mol. The van der Waals surface area contributed by atoms with Crippen molar-refractivity contribution in [3.05, 3.63) is 65.0 Å². The molecule has 1 atom stereocenters. The van der Waals surface area contributed by atoms with E-state index < -0.39 is 0 Å². The Morgan fingerprint density at radius 1 is 0.909 bits per heavy atom. The third-order valence-electron chi connectivity index (χ3n) is 4.17. The number of aromatic nitrogens is 1. The van der Waals surface area contributed by atoms with Crippen molar-refractivity contribution >= 4 is 11.3 Å². The first-order valence-electron chi connectivity index (χ1n) is 7.75. The van der Waals surface area contributed by atoms with Gasteiger partial charge in [0, 0.05) is 10.9 Å². The SMILES string of the molecule is c1ccc(-c2ccc(-c3csc(C4CCCN4)n3)cc2)cc1. The molecule has 1 N–H and O–H groups in total. The Bertz CT molecular complexity index is 741. The molecule has 22 heavy (non-hydrogen) atoms. The van der Waals surface area contributed by atoms with E-state index in [-0.39, 0.29) is 0 Å². The van der Waals surface area contributed by atoms with Gasteiger partial charge in [0.1, 0.15) is 5.01 Å². The molecule has 0 radical (unpaired) electrons. The second-order valence-electron chi connectivity index (χ2n) is 5.66. The second kappa shape index (κ2) is 6.03. The Morgan fingerprint density at radius 2 is 1.64 bits per heavy atom. The minimum atomic E-state index is 0.461. The lowest BCUT2D eigenvalue weighted by Gasteiger charge is -2.05. The molecule has 110 valence electrons. The molecule has 0 bridgehead atoms. The van der Waals surface area contributed by atoms with Crippen molar-refractivity contribution in [1.29, 1.82) is 0 Å². The molecule has 1 saturated heterocycles. The molecule has 3 aromatic rings. The van der Waals surface area contributed by atoms with Gasteiger partial charge in [-0.3, -0.25) is 0 Å². The summed E-state index contributed by atoms with van der Waals surface area (Å²) in [5.41, 5.74) is 4.79. The van der Waals surface area contributed by atoms with Crippen LogP contribution in [0.25, 0.3) is 22.4 Å². The lowest BCUT2D eigenvalue weighted by molar-refractivity contribution is 0.643. The Balaban J connectivity index is 1.58. The van der Waals surface area contributed by atoms with Gasteiger partial charge in [0.05, 0.1) is 11.7 Å². The van der Waals surface area contributed by atoms with Crippen LogP contribution in [-0.2, 0) is 0 Å². The Labute approximate surface area is 134 Å². The van der Waals surface area contributed by atoms with Crippen molar-refractivity contribution in [3.8, 4) is 22.4 Å². The molecule has 2 nitrogen and oxygen atoms in total. The Morgan fingerprint density at radius 3 is 2.36 bits per heavy atom. The van der Waals surface area contributed by atoms with Crippen molar-refractivity contribution in [2.24, 2.45) is 0 Å². The number of hydrogen-bond donors (Lipinski definition) is 1. The number of nitrogens with zero attached hydrogens (tertiary/aromatic N) is 1. The molecule has 1 unspecified atom stereocenters. The van der Waals surface area contributed by atoms with E-state index in [1.165, 1.54) is 34.5 Å². The zero-order valence-electron chi connectivity index (χ0n) is 12.3. The Hall–Kier alpha value is -1.97. The third kappa shape index (κ3) is 2.70. The molecule has 1 fully saturated rings. The highest BCUT2D eigenvalue weighted by atomic mass is 32.1. The van der Waals surface area contributed by atoms with Gasteiger partial charge in [-0.05, 0) is 30.5 Å². The zero-order chi connectivity index (χ0) is 14.8. The van der Waals surface area contributed by atoms with Crippen LogP contribution in [0.5, 0.6) is 0 Å². The van der Waals surface area contributed by atoms with E-state index in [4.69, 9.17) is 4.98 Å².